The fourth-order valence-corrected chi connectivity index (χ4v) is 5.43. The van der Waals surface area contributed by atoms with Gasteiger partial charge in [0.25, 0.3) is 5.91 Å². The Morgan fingerprint density at radius 2 is 1.81 bits per heavy atom. The monoisotopic (exact) mass is 441 g/mol. The SMILES string of the molecule is CCN(CC)S(=O)(=O)c1ccc(-c2ccc(/C=C3\N=C4CCCCCN4C3=O)o2)cc1. The number of aliphatic imine (C=N–C) groups is 1. The van der Waals surface area contributed by atoms with Gasteiger partial charge in [-0.3, -0.25) is 9.69 Å². The third-order valence-electron chi connectivity index (χ3n) is 5.70. The van der Waals surface area contributed by atoms with Crippen LogP contribution in [0.2, 0.25) is 0 Å². The van der Waals surface area contributed by atoms with E-state index in [1.54, 1.807) is 41.3 Å². The van der Waals surface area contributed by atoms with Gasteiger partial charge in [0.05, 0.1) is 4.90 Å². The molecule has 2 aliphatic heterocycles. The van der Waals surface area contributed by atoms with Crippen LogP contribution in [0.25, 0.3) is 17.4 Å². The molecule has 7 nitrogen and oxygen atoms in total. The highest BCUT2D eigenvalue weighted by Gasteiger charge is 2.30. The summed E-state index contributed by atoms with van der Waals surface area (Å²) in [5, 5.41) is 0. The average molecular weight is 442 g/mol. The average Bonchev–Trinajstić information content (AvgIpc) is 3.26. The van der Waals surface area contributed by atoms with E-state index in [4.69, 9.17) is 4.42 Å². The van der Waals surface area contributed by atoms with E-state index in [0.29, 0.717) is 30.3 Å². The zero-order valence-electron chi connectivity index (χ0n) is 17.9. The zero-order valence-corrected chi connectivity index (χ0v) is 18.7. The number of sulfonamides is 1. The quantitative estimate of drug-likeness (QED) is 0.631. The van der Waals surface area contributed by atoms with Crippen molar-refractivity contribution in [3.8, 4) is 11.3 Å². The normalized spacial score (nSPS) is 18.4. The highest BCUT2D eigenvalue weighted by Crippen LogP contribution is 2.28. The predicted octanol–water partition coefficient (Wildman–Crippen LogP) is 4.13. The van der Waals surface area contributed by atoms with Gasteiger partial charge in [-0.1, -0.05) is 20.3 Å². The van der Waals surface area contributed by atoms with Crippen molar-refractivity contribution in [3.63, 3.8) is 0 Å². The number of hydrogen-bond acceptors (Lipinski definition) is 5. The first kappa shape index (κ1) is 21.5. The molecule has 3 heterocycles. The molecule has 0 radical (unpaired) electrons. The van der Waals surface area contributed by atoms with E-state index in [2.05, 4.69) is 4.99 Å². The Morgan fingerprint density at radius 3 is 2.52 bits per heavy atom. The van der Waals surface area contributed by atoms with E-state index < -0.39 is 10.0 Å². The molecule has 0 unspecified atom stereocenters. The Balaban J connectivity index is 1.54. The number of fused-ring (bicyclic) bond motifs is 1. The summed E-state index contributed by atoms with van der Waals surface area (Å²) in [5.41, 5.74) is 1.17. The van der Waals surface area contributed by atoms with Crippen LogP contribution in [0, 0.1) is 0 Å². The molecule has 164 valence electrons. The summed E-state index contributed by atoms with van der Waals surface area (Å²) in [5.74, 6) is 1.93. The molecular formula is C23H27N3O4S. The molecule has 0 atom stereocenters. The van der Waals surface area contributed by atoms with Crippen molar-refractivity contribution >= 4 is 27.8 Å². The first-order chi connectivity index (χ1) is 14.9. The second-order valence-corrected chi connectivity index (χ2v) is 9.58. The summed E-state index contributed by atoms with van der Waals surface area (Å²) in [7, 11) is -3.49. The van der Waals surface area contributed by atoms with Crippen LogP contribution in [0.1, 0.15) is 45.3 Å². The molecule has 4 rings (SSSR count). The Bertz CT molecular complexity index is 1130. The van der Waals surface area contributed by atoms with E-state index in [1.165, 1.54) is 4.31 Å². The minimum Gasteiger partial charge on any atom is -0.457 e. The van der Waals surface area contributed by atoms with Gasteiger partial charge in [0.15, 0.2) is 0 Å². The maximum atomic E-state index is 12.7. The van der Waals surface area contributed by atoms with Crippen LogP contribution in [-0.2, 0) is 14.8 Å². The van der Waals surface area contributed by atoms with Gasteiger partial charge in [-0.2, -0.15) is 4.31 Å². The van der Waals surface area contributed by atoms with E-state index in [1.807, 2.05) is 19.9 Å². The smallest absolute Gasteiger partial charge is 0.277 e. The Labute approximate surface area is 183 Å². The molecule has 0 saturated carbocycles. The number of benzene rings is 1. The van der Waals surface area contributed by atoms with Gasteiger partial charge in [0.1, 0.15) is 23.1 Å². The fraction of sp³-hybridized carbons (Fsp3) is 0.391. The van der Waals surface area contributed by atoms with Gasteiger partial charge in [-0.15, -0.1) is 0 Å². The highest BCUT2D eigenvalue weighted by atomic mass is 32.2. The van der Waals surface area contributed by atoms with Crippen LogP contribution >= 0.6 is 0 Å². The number of hydrogen-bond donors (Lipinski definition) is 0. The molecule has 0 bridgehead atoms. The molecule has 2 aromatic rings. The predicted molar refractivity (Wildman–Crippen MR) is 120 cm³/mol. The van der Waals surface area contributed by atoms with Gasteiger partial charge in [0, 0.05) is 37.7 Å². The lowest BCUT2D eigenvalue weighted by molar-refractivity contribution is -0.122. The number of nitrogens with zero attached hydrogens (tertiary/aromatic N) is 3. The second kappa shape index (κ2) is 8.80. The van der Waals surface area contributed by atoms with E-state index in [0.717, 1.165) is 43.6 Å². The van der Waals surface area contributed by atoms with E-state index in [9.17, 15) is 13.2 Å². The molecule has 31 heavy (non-hydrogen) atoms. The summed E-state index contributed by atoms with van der Waals surface area (Å²) in [4.78, 5) is 19.2. The van der Waals surface area contributed by atoms with Crippen LogP contribution in [-0.4, -0.2) is 49.0 Å². The lowest BCUT2D eigenvalue weighted by Gasteiger charge is -2.18. The number of carbonyl (C=O) groups is 1. The van der Waals surface area contributed by atoms with Crippen molar-refractivity contribution in [3.05, 3.63) is 47.9 Å². The maximum absolute atomic E-state index is 12.7. The Hall–Kier alpha value is -2.71. The highest BCUT2D eigenvalue weighted by molar-refractivity contribution is 7.89. The number of amides is 1. The summed E-state index contributed by atoms with van der Waals surface area (Å²) < 4.78 is 32.6. The standard InChI is InChI=1S/C23H27N3O4S/c1-3-25(4-2)31(28,29)19-12-9-17(10-13-19)21-14-11-18(30-21)16-20-23(27)26-15-7-5-6-8-22(26)24-20/h9-14,16H,3-8,15H2,1-2H3/b20-16-. The second-order valence-electron chi connectivity index (χ2n) is 7.64. The molecule has 1 amide bonds. The minimum absolute atomic E-state index is 0.0687. The van der Waals surface area contributed by atoms with Crippen molar-refractivity contribution in [2.24, 2.45) is 4.99 Å². The first-order valence-corrected chi connectivity index (χ1v) is 12.2. The maximum Gasteiger partial charge on any atom is 0.277 e. The molecule has 8 heteroatoms. The third-order valence-corrected chi connectivity index (χ3v) is 7.76. The van der Waals surface area contributed by atoms with Crippen molar-refractivity contribution in [1.29, 1.82) is 0 Å². The van der Waals surface area contributed by atoms with Gasteiger partial charge in [-0.25, -0.2) is 13.4 Å². The lowest BCUT2D eigenvalue weighted by atomic mass is 10.2. The molecule has 2 aliphatic rings. The number of rotatable bonds is 6. The van der Waals surface area contributed by atoms with Crippen molar-refractivity contribution in [2.45, 2.75) is 44.4 Å². The topological polar surface area (TPSA) is 83.2 Å². The summed E-state index contributed by atoms with van der Waals surface area (Å²) >= 11 is 0. The van der Waals surface area contributed by atoms with Crippen molar-refractivity contribution < 1.29 is 17.6 Å². The number of carbonyl (C=O) groups excluding carboxylic acids is 1. The van der Waals surface area contributed by atoms with Crippen LogP contribution in [0.3, 0.4) is 0 Å². The molecule has 1 aromatic carbocycles. The Kier molecular flexibility index (Phi) is 6.11. The number of furan rings is 1. The Morgan fingerprint density at radius 1 is 1.06 bits per heavy atom. The molecule has 1 fully saturated rings. The summed E-state index contributed by atoms with van der Waals surface area (Å²) in [6, 6.07) is 10.3. The van der Waals surface area contributed by atoms with Crippen molar-refractivity contribution in [1.82, 2.24) is 9.21 Å². The lowest BCUT2D eigenvalue weighted by Crippen LogP contribution is -2.31. The minimum atomic E-state index is -3.49. The van der Waals surface area contributed by atoms with E-state index >= 15 is 0 Å². The van der Waals surface area contributed by atoms with E-state index in [-0.39, 0.29) is 10.8 Å². The zero-order chi connectivity index (χ0) is 22.0. The third kappa shape index (κ3) is 4.22. The van der Waals surface area contributed by atoms with Gasteiger partial charge in [0.2, 0.25) is 10.0 Å². The van der Waals surface area contributed by atoms with Crippen LogP contribution in [0.15, 0.2) is 56.4 Å². The van der Waals surface area contributed by atoms with Gasteiger partial charge in [-0.05, 0) is 49.2 Å². The molecular weight excluding hydrogens is 414 g/mol. The van der Waals surface area contributed by atoms with Gasteiger partial charge >= 0.3 is 0 Å². The van der Waals surface area contributed by atoms with Crippen LogP contribution in [0.5, 0.6) is 0 Å². The molecule has 1 aromatic heterocycles. The fourth-order valence-electron chi connectivity index (χ4n) is 3.97. The van der Waals surface area contributed by atoms with Crippen molar-refractivity contribution in [2.75, 3.05) is 19.6 Å². The number of amidine groups is 1. The first-order valence-electron chi connectivity index (χ1n) is 10.8. The van der Waals surface area contributed by atoms with Gasteiger partial charge < -0.3 is 4.42 Å². The molecule has 0 spiro atoms. The summed E-state index contributed by atoms with van der Waals surface area (Å²) in [6.07, 6.45) is 5.68. The molecule has 1 saturated heterocycles. The molecule has 0 N–H and O–H groups in total. The molecule has 0 aliphatic carbocycles. The largest absolute Gasteiger partial charge is 0.457 e. The van der Waals surface area contributed by atoms with Crippen LogP contribution in [0.4, 0.5) is 0 Å². The van der Waals surface area contributed by atoms with Crippen LogP contribution < -0.4 is 0 Å². The summed E-state index contributed by atoms with van der Waals surface area (Å²) in [6.45, 7) is 5.22.